The molecule has 106 valence electrons. The fraction of sp³-hybridized carbons (Fsp3) is 0.667. The summed E-state index contributed by atoms with van der Waals surface area (Å²) in [6, 6.07) is 5.18. The Labute approximate surface area is 116 Å². The molecule has 0 bridgehead atoms. The van der Waals surface area contributed by atoms with Crippen LogP contribution in [0.15, 0.2) is 18.3 Å². The van der Waals surface area contributed by atoms with E-state index in [1.54, 1.807) is 0 Å². The summed E-state index contributed by atoms with van der Waals surface area (Å²) in [6.07, 6.45) is 4.23. The van der Waals surface area contributed by atoms with Crippen LogP contribution in [0.3, 0.4) is 0 Å². The highest BCUT2D eigenvalue weighted by molar-refractivity contribution is 5.39. The molecule has 1 saturated heterocycles. The maximum Gasteiger partial charge on any atom is 0.128 e. The first-order valence-corrected chi connectivity index (χ1v) is 7.22. The Morgan fingerprint density at radius 2 is 2.05 bits per heavy atom. The molecule has 1 aliphatic heterocycles. The van der Waals surface area contributed by atoms with E-state index in [9.17, 15) is 0 Å². The van der Waals surface area contributed by atoms with Gasteiger partial charge in [0.1, 0.15) is 5.82 Å². The van der Waals surface area contributed by atoms with Crippen molar-refractivity contribution in [2.75, 3.05) is 25.0 Å². The van der Waals surface area contributed by atoms with Crippen molar-refractivity contribution in [3.05, 3.63) is 23.9 Å². The van der Waals surface area contributed by atoms with E-state index < -0.39 is 0 Å². The molecule has 1 aromatic rings. The molecule has 0 atom stereocenters. The van der Waals surface area contributed by atoms with E-state index in [4.69, 9.17) is 5.73 Å². The van der Waals surface area contributed by atoms with Crippen LogP contribution in [0.2, 0.25) is 0 Å². The second-order valence-corrected chi connectivity index (χ2v) is 5.84. The number of aromatic nitrogens is 1. The highest BCUT2D eigenvalue weighted by Gasteiger charge is 2.16. The van der Waals surface area contributed by atoms with Crippen LogP contribution in [0.5, 0.6) is 0 Å². The van der Waals surface area contributed by atoms with Crippen LogP contribution in [-0.2, 0) is 6.54 Å². The van der Waals surface area contributed by atoms with E-state index in [0.29, 0.717) is 12.1 Å². The summed E-state index contributed by atoms with van der Waals surface area (Å²) in [4.78, 5) is 9.20. The molecule has 0 radical (unpaired) electrons. The zero-order valence-electron chi connectivity index (χ0n) is 12.3. The molecule has 2 rings (SSSR count). The van der Waals surface area contributed by atoms with Crippen LogP contribution >= 0.6 is 0 Å². The van der Waals surface area contributed by atoms with E-state index in [0.717, 1.165) is 38.3 Å². The predicted molar refractivity (Wildman–Crippen MR) is 80.3 cm³/mol. The minimum atomic E-state index is 0.399. The van der Waals surface area contributed by atoms with Gasteiger partial charge in [0, 0.05) is 31.9 Å². The number of anilines is 1. The van der Waals surface area contributed by atoms with Crippen LogP contribution in [0, 0.1) is 0 Å². The van der Waals surface area contributed by atoms with Crippen LogP contribution in [0.1, 0.15) is 32.3 Å². The van der Waals surface area contributed by atoms with Gasteiger partial charge in [0.25, 0.3) is 0 Å². The highest BCUT2D eigenvalue weighted by atomic mass is 15.2. The zero-order valence-corrected chi connectivity index (χ0v) is 12.3. The summed E-state index contributed by atoms with van der Waals surface area (Å²) in [6.45, 7) is 7.55. The minimum Gasteiger partial charge on any atom is -0.357 e. The summed E-state index contributed by atoms with van der Waals surface area (Å²) in [5.74, 6) is 1.04. The van der Waals surface area contributed by atoms with Crippen molar-refractivity contribution in [2.45, 2.75) is 45.3 Å². The molecule has 2 N–H and O–H groups in total. The lowest BCUT2D eigenvalue weighted by Crippen LogP contribution is -2.39. The third kappa shape index (κ3) is 3.91. The number of nitrogens with zero attached hydrogens (tertiary/aromatic N) is 3. The Morgan fingerprint density at radius 1 is 1.37 bits per heavy atom. The number of likely N-dealkylation sites (tertiary alicyclic amines) is 1. The summed E-state index contributed by atoms with van der Waals surface area (Å²) in [7, 11) is 2.08. The van der Waals surface area contributed by atoms with Gasteiger partial charge in [-0.1, -0.05) is 6.07 Å². The SMILES string of the molecule is CC(C)N(C)c1ccc(CN2CCC(N)CC2)cn1. The van der Waals surface area contributed by atoms with Crippen molar-refractivity contribution in [2.24, 2.45) is 5.73 Å². The van der Waals surface area contributed by atoms with E-state index in [1.807, 2.05) is 6.20 Å². The van der Waals surface area contributed by atoms with Gasteiger partial charge in [0.2, 0.25) is 0 Å². The van der Waals surface area contributed by atoms with Crippen LogP contribution in [0.25, 0.3) is 0 Å². The number of hydrogen-bond donors (Lipinski definition) is 1. The Morgan fingerprint density at radius 3 is 2.58 bits per heavy atom. The molecule has 0 aliphatic carbocycles. The van der Waals surface area contributed by atoms with E-state index in [2.05, 4.69) is 47.8 Å². The minimum absolute atomic E-state index is 0.399. The fourth-order valence-electron chi connectivity index (χ4n) is 2.35. The summed E-state index contributed by atoms with van der Waals surface area (Å²) in [5, 5.41) is 0. The monoisotopic (exact) mass is 262 g/mol. The Bertz CT molecular complexity index is 380. The number of piperidine rings is 1. The molecule has 4 heteroatoms. The molecule has 4 nitrogen and oxygen atoms in total. The third-order valence-corrected chi connectivity index (χ3v) is 3.98. The van der Waals surface area contributed by atoms with Gasteiger partial charge in [-0.15, -0.1) is 0 Å². The average molecular weight is 262 g/mol. The largest absolute Gasteiger partial charge is 0.357 e. The topological polar surface area (TPSA) is 45.4 Å². The second-order valence-electron chi connectivity index (χ2n) is 5.84. The average Bonchev–Trinajstić information content (AvgIpc) is 2.41. The Balaban J connectivity index is 1.91. The smallest absolute Gasteiger partial charge is 0.128 e. The van der Waals surface area contributed by atoms with Gasteiger partial charge in [-0.2, -0.15) is 0 Å². The molecule has 19 heavy (non-hydrogen) atoms. The molecule has 2 heterocycles. The fourth-order valence-corrected chi connectivity index (χ4v) is 2.35. The molecule has 0 spiro atoms. The maximum absolute atomic E-state index is 5.93. The van der Waals surface area contributed by atoms with Crippen molar-refractivity contribution in [3.8, 4) is 0 Å². The van der Waals surface area contributed by atoms with E-state index in [1.165, 1.54) is 5.56 Å². The Kier molecular flexibility index (Phi) is 4.77. The number of nitrogens with two attached hydrogens (primary N) is 1. The number of rotatable bonds is 4. The number of hydrogen-bond acceptors (Lipinski definition) is 4. The van der Waals surface area contributed by atoms with Crippen LogP contribution in [0.4, 0.5) is 5.82 Å². The van der Waals surface area contributed by atoms with E-state index in [-0.39, 0.29) is 0 Å². The molecule has 1 fully saturated rings. The van der Waals surface area contributed by atoms with Gasteiger partial charge in [-0.3, -0.25) is 4.90 Å². The van der Waals surface area contributed by atoms with Gasteiger partial charge < -0.3 is 10.6 Å². The predicted octanol–water partition coefficient (Wildman–Crippen LogP) is 1.85. The van der Waals surface area contributed by atoms with Crippen molar-refractivity contribution >= 4 is 5.82 Å². The molecule has 1 aromatic heterocycles. The first-order chi connectivity index (χ1) is 9.06. The van der Waals surface area contributed by atoms with E-state index >= 15 is 0 Å². The lowest BCUT2D eigenvalue weighted by Gasteiger charge is -2.30. The van der Waals surface area contributed by atoms with Gasteiger partial charge in [0.05, 0.1) is 0 Å². The summed E-state index contributed by atoms with van der Waals surface area (Å²) >= 11 is 0. The lowest BCUT2D eigenvalue weighted by molar-refractivity contribution is 0.205. The van der Waals surface area contributed by atoms with Crippen LogP contribution in [-0.4, -0.2) is 42.1 Å². The second kappa shape index (κ2) is 6.35. The molecule has 1 aliphatic rings. The quantitative estimate of drug-likeness (QED) is 0.899. The summed E-state index contributed by atoms with van der Waals surface area (Å²) in [5.41, 5.74) is 7.22. The zero-order chi connectivity index (χ0) is 13.8. The molecular formula is C15H26N4. The molecule has 0 unspecified atom stereocenters. The first-order valence-electron chi connectivity index (χ1n) is 7.22. The van der Waals surface area contributed by atoms with Crippen molar-refractivity contribution in [1.29, 1.82) is 0 Å². The van der Waals surface area contributed by atoms with Gasteiger partial charge in [0.15, 0.2) is 0 Å². The van der Waals surface area contributed by atoms with Gasteiger partial charge in [-0.05, 0) is 51.4 Å². The number of pyridine rings is 1. The van der Waals surface area contributed by atoms with Crippen molar-refractivity contribution < 1.29 is 0 Å². The molecule has 0 saturated carbocycles. The third-order valence-electron chi connectivity index (χ3n) is 3.98. The van der Waals surface area contributed by atoms with Crippen LogP contribution < -0.4 is 10.6 Å². The summed E-state index contributed by atoms with van der Waals surface area (Å²) < 4.78 is 0. The highest BCUT2D eigenvalue weighted by Crippen LogP contribution is 2.15. The van der Waals surface area contributed by atoms with Crippen molar-refractivity contribution in [3.63, 3.8) is 0 Å². The first kappa shape index (κ1) is 14.3. The normalized spacial score (nSPS) is 17.9. The molecule has 0 aromatic carbocycles. The van der Waals surface area contributed by atoms with Crippen molar-refractivity contribution in [1.82, 2.24) is 9.88 Å². The molecule has 0 amide bonds. The maximum atomic E-state index is 5.93. The Hall–Kier alpha value is -1.13. The molecular weight excluding hydrogens is 236 g/mol. The van der Waals surface area contributed by atoms with Gasteiger partial charge >= 0.3 is 0 Å². The van der Waals surface area contributed by atoms with Gasteiger partial charge in [-0.25, -0.2) is 4.98 Å². The lowest BCUT2D eigenvalue weighted by atomic mass is 10.1. The standard InChI is InChI=1S/C15H26N4/c1-12(2)18(3)15-5-4-13(10-17-15)11-19-8-6-14(16)7-9-19/h4-5,10,12,14H,6-9,11,16H2,1-3H3.